The molecular weight excluding hydrogens is 750 g/mol. The van der Waals surface area contributed by atoms with Gasteiger partial charge in [0.15, 0.2) is 12.6 Å². The third kappa shape index (κ3) is 12.8. The number of unbranched alkanes of at least 4 members (excludes halogenated alkanes) is 3. The Hall–Kier alpha value is -1.50. The molecule has 0 aromatic heterocycles. The van der Waals surface area contributed by atoms with E-state index in [0.717, 1.165) is 25.7 Å². The third-order valence-corrected chi connectivity index (χ3v) is 13.0. The number of nitrogens with two attached hydrogens (primary N) is 1. The van der Waals surface area contributed by atoms with Crippen LogP contribution in [0.1, 0.15) is 127 Å². The van der Waals surface area contributed by atoms with Gasteiger partial charge in [0, 0.05) is 31.0 Å². The molecular formula is C43H81N3O12. The van der Waals surface area contributed by atoms with Gasteiger partial charge in [-0.05, 0) is 99.7 Å². The molecule has 1 amide bonds. The van der Waals surface area contributed by atoms with Gasteiger partial charge in [0.25, 0.3) is 0 Å². The lowest BCUT2D eigenvalue weighted by molar-refractivity contribution is -0.313. The van der Waals surface area contributed by atoms with Gasteiger partial charge < -0.3 is 64.8 Å². The predicted octanol–water partition coefficient (Wildman–Crippen LogP) is 3.25. The number of nitrogens with zero attached hydrogens (tertiary/aromatic N) is 1. The molecule has 3 fully saturated rings. The summed E-state index contributed by atoms with van der Waals surface area (Å²) in [5, 5.41) is 48.9. The first-order chi connectivity index (χ1) is 27.1. The number of amides is 1. The van der Waals surface area contributed by atoms with Crippen molar-refractivity contribution in [1.82, 2.24) is 10.2 Å². The highest BCUT2D eigenvalue weighted by molar-refractivity contribution is 5.79. The maximum Gasteiger partial charge on any atom is 0.311 e. The van der Waals surface area contributed by atoms with Crippen molar-refractivity contribution in [1.29, 1.82) is 0 Å². The van der Waals surface area contributed by atoms with E-state index in [0.29, 0.717) is 26.0 Å². The first kappa shape index (κ1) is 50.9. The van der Waals surface area contributed by atoms with E-state index >= 15 is 0 Å². The van der Waals surface area contributed by atoms with Crippen molar-refractivity contribution in [3.05, 3.63) is 0 Å². The van der Waals surface area contributed by atoms with Crippen molar-refractivity contribution in [3.8, 4) is 0 Å². The molecule has 15 heteroatoms. The van der Waals surface area contributed by atoms with Gasteiger partial charge in [-0.1, -0.05) is 47.5 Å². The third-order valence-electron chi connectivity index (χ3n) is 13.0. The second kappa shape index (κ2) is 22.6. The maximum absolute atomic E-state index is 14.6. The first-order valence-corrected chi connectivity index (χ1v) is 22.0. The molecule has 3 heterocycles. The van der Waals surface area contributed by atoms with E-state index in [1.807, 2.05) is 60.5 Å². The highest BCUT2D eigenvalue weighted by Crippen LogP contribution is 2.40. The SMILES string of the molecule is CCC1C(=O)OC(CC)C(C)(O)C(O)C(C)C(=O)NC(C)CC(C)(OCCCCCCN)C(OC2OC(C)CC(N(C)C)C2O)C(C)C1OC1CC(C)C(O)C(C)O1. The number of likely N-dealkylation sites (N-methyl/N-ethyl adjacent to an activating group) is 1. The zero-order chi connectivity index (χ0) is 43.7. The molecule has 0 spiro atoms. The van der Waals surface area contributed by atoms with Gasteiger partial charge in [0.05, 0.1) is 54.1 Å². The Kier molecular flexibility index (Phi) is 19.8. The van der Waals surface area contributed by atoms with Gasteiger partial charge in [0.2, 0.25) is 5.91 Å². The lowest BCUT2D eigenvalue weighted by Crippen LogP contribution is -2.61. The molecule has 7 N–H and O–H groups in total. The normalized spacial score (nSPS) is 44.0. The van der Waals surface area contributed by atoms with E-state index in [2.05, 4.69) is 5.32 Å². The molecule has 58 heavy (non-hydrogen) atoms. The van der Waals surface area contributed by atoms with Gasteiger partial charge in [-0.2, -0.15) is 0 Å². The summed E-state index contributed by atoms with van der Waals surface area (Å²) < 4.78 is 39.6. The fourth-order valence-electron chi connectivity index (χ4n) is 9.34. The number of aliphatic hydroxyl groups excluding tert-OH is 3. The van der Waals surface area contributed by atoms with Crippen molar-refractivity contribution >= 4 is 11.9 Å². The van der Waals surface area contributed by atoms with Gasteiger partial charge in [-0.3, -0.25) is 9.59 Å². The van der Waals surface area contributed by atoms with Crippen molar-refractivity contribution in [2.45, 2.75) is 212 Å². The largest absolute Gasteiger partial charge is 0.459 e. The molecule has 0 radical (unpaired) electrons. The Labute approximate surface area is 348 Å². The molecule has 3 aliphatic rings. The van der Waals surface area contributed by atoms with E-state index in [-0.39, 0.29) is 37.3 Å². The van der Waals surface area contributed by atoms with Crippen LogP contribution in [0.3, 0.4) is 0 Å². The number of ether oxygens (including phenoxy) is 6. The van der Waals surface area contributed by atoms with Crippen molar-refractivity contribution in [2.24, 2.45) is 29.4 Å². The topological polar surface area (TPSA) is 212 Å². The van der Waals surface area contributed by atoms with Crippen molar-refractivity contribution < 1.29 is 58.4 Å². The summed E-state index contributed by atoms with van der Waals surface area (Å²) in [6.07, 6.45) is -4.03. The minimum atomic E-state index is -1.99. The number of hydrogen-bond acceptors (Lipinski definition) is 14. The van der Waals surface area contributed by atoms with Gasteiger partial charge in [-0.15, -0.1) is 0 Å². The summed E-state index contributed by atoms with van der Waals surface area (Å²) in [6.45, 7) is 18.8. The van der Waals surface area contributed by atoms with Crippen LogP contribution in [-0.4, -0.2) is 149 Å². The monoisotopic (exact) mass is 832 g/mol. The predicted molar refractivity (Wildman–Crippen MR) is 219 cm³/mol. The Morgan fingerprint density at radius 1 is 0.897 bits per heavy atom. The summed E-state index contributed by atoms with van der Waals surface area (Å²) in [6, 6.07) is -0.809. The van der Waals surface area contributed by atoms with E-state index < -0.39 is 102 Å². The van der Waals surface area contributed by atoms with Crippen LogP contribution in [0, 0.1) is 23.7 Å². The van der Waals surface area contributed by atoms with Gasteiger partial charge in [0.1, 0.15) is 17.8 Å². The van der Waals surface area contributed by atoms with Crippen LogP contribution in [0.2, 0.25) is 0 Å². The molecule has 0 bridgehead atoms. The molecule has 18 atom stereocenters. The fourth-order valence-corrected chi connectivity index (χ4v) is 9.34. The zero-order valence-corrected chi connectivity index (χ0v) is 37.6. The van der Waals surface area contributed by atoms with E-state index in [4.69, 9.17) is 34.2 Å². The quantitative estimate of drug-likeness (QED) is 0.110. The number of nitrogens with one attached hydrogen (secondary N) is 1. The van der Waals surface area contributed by atoms with E-state index in [9.17, 15) is 30.0 Å². The second-order valence-electron chi connectivity index (χ2n) is 18.3. The smallest absolute Gasteiger partial charge is 0.311 e. The summed E-state index contributed by atoms with van der Waals surface area (Å²) in [4.78, 5) is 30.3. The van der Waals surface area contributed by atoms with Gasteiger partial charge in [-0.25, -0.2) is 0 Å². The highest BCUT2D eigenvalue weighted by Gasteiger charge is 2.53. The van der Waals surface area contributed by atoms with Crippen LogP contribution in [0.4, 0.5) is 0 Å². The summed E-state index contributed by atoms with van der Waals surface area (Å²) >= 11 is 0. The first-order valence-electron chi connectivity index (χ1n) is 22.0. The number of rotatable bonds is 14. The molecule has 3 aliphatic heterocycles. The fraction of sp³-hybridized carbons (Fsp3) is 0.953. The molecule has 0 aromatic carbocycles. The molecule has 18 unspecified atom stereocenters. The second-order valence-corrected chi connectivity index (χ2v) is 18.3. The highest BCUT2D eigenvalue weighted by atomic mass is 16.7. The van der Waals surface area contributed by atoms with Crippen LogP contribution in [0.5, 0.6) is 0 Å². The summed E-state index contributed by atoms with van der Waals surface area (Å²) in [5.41, 5.74) is 2.59. The van der Waals surface area contributed by atoms with Crippen LogP contribution in [0.15, 0.2) is 0 Å². The molecule has 3 rings (SSSR count). The summed E-state index contributed by atoms with van der Waals surface area (Å²) in [7, 11) is 3.81. The van der Waals surface area contributed by atoms with Crippen LogP contribution in [-0.2, 0) is 38.0 Å². The number of esters is 1. The lowest BCUT2D eigenvalue weighted by atomic mass is 9.77. The van der Waals surface area contributed by atoms with Crippen molar-refractivity contribution in [2.75, 3.05) is 27.2 Å². The molecule has 340 valence electrons. The average molecular weight is 832 g/mol. The van der Waals surface area contributed by atoms with E-state index in [1.165, 1.54) is 13.8 Å². The van der Waals surface area contributed by atoms with Crippen LogP contribution >= 0.6 is 0 Å². The summed E-state index contributed by atoms with van der Waals surface area (Å²) in [5.74, 6) is -4.01. The zero-order valence-electron chi connectivity index (χ0n) is 37.6. The van der Waals surface area contributed by atoms with E-state index in [1.54, 1.807) is 13.8 Å². The average Bonchev–Trinajstić information content (AvgIpc) is 3.15. The Bertz CT molecular complexity index is 1250. The van der Waals surface area contributed by atoms with Crippen LogP contribution < -0.4 is 11.1 Å². The number of carbonyl (C=O) groups is 2. The Morgan fingerprint density at radius 3 is 2.14 bits per heavy atom. The Balaban J connectivity index is 2.27. The number of carbonyl (C=O) groups excluding carboxylic acids is 2. The molecule has 3 saturated heterocycles. The minimum absolute atomic E-state index is 0.155. The molecule has 15 nitrogen and oxygen atoms in total. The number of hydrogen-bond donors (Lipinski definition) is 6. The Morgan fingerprint density at radius 2 is 1.55 bits per heavy atom. The molecule has 0 saturated carbocycles. The van der Waals surface area contributed by atoms with Crippen molar-refractivity contribution in [3.63, 3.8) is 0 Å². The molecule has 0 aromatic rings. The van der Waals surface area contributed by atoms with Crippen LogP contribution in [0.25, 0.3) is 0 Å². The van der Waals surface area contributed by atoms with Gasteiger partial charge >= 0.3 is 5.97 Å². The number of cyclic esters (lactones) is 1. The minimum Gasteiger partial charge on any atom is -0.459 e. The maximum atomic E-state index is 14.6. The lowest BCUT2D eigenvalue weighted by Gasteiger charge is -2.49. The molecule has 0 aliphatic carbocycles. The number of aliphatic hydroxyl groups is 4. The standard InChI is InChI=1S/C43H81N3O12/c1-13-30-36(57-33-21-24(3)34(47)29(8)55-33)27(6)38(58-41-35(48)31(46(11)12)22-26(5)54-41)42(9,53-20-18-16-15-17-19-44)23-25(4)45-39(50)28(7)37(49)43(10,52)32(14-2)56-40(30)51/h24-38,41,47-49,52H,13-23,44H2,1-12H3,(H,45,50).